The second-order valence-electron chi connectivity index (χ2n) is 6.48. The highest BCUT2D eigenvalue weighted by Gasteiger charge is 2.63. The summed E-state index contributed by atoms with van der Waals surface area (Å²) in [6, 6.07) is 5.27. The first kappa shape index (κ1) is 16.3. The van der Waals surface area contributed by atoms with Crippen molar-refractivity contribution in [3.05, 3.63) is 23.8 Å². The average Bonchev–Trinajstić information content (AvgIpc) is 3.10. The van der Waals surface area contributed by atoms with Crippen LogP contribution < -0.4 is 11.1 Å². The van der Waals surface area contributed by atoms with Crippen LogP contribution in [0.1, 0.15) is 18.4 Å². The van der Waals surface area contributed by atoms with Crippen molar-refractivity contribution in [3.8, 4) is 0 Å². The monoisotopic (exact) mass is 332 g/mol. The van der Waals surface area contributed by atoms with E-state index < -0.39 is 36.3 Å². The molecule has 3 rings (SSSR count). The number of carbonyl (C=O) groups is 3. The van der Waals surface area contributed by atoms with Gasteiger partial charge in [-0.15, -0.1) is 0 Å². The number of fused-ring (bicyclic) bond motifs is 1. The number of para-hydroxylation sites is 1. The quantitative estimate of drug-likeness (QED) is 0.554. The third kappa shape index (κ3) is 2.93. The molecular weight excluding hydrogens is 312 g/mol. The minimum absolute atomic E-state index is 0.0842. The van der Waals surface area contributed by atoms with Gasteiger partial charge in [-0.25, -0.2) is 0 Å². The molecule has 0 saturated heterocycles. The first-order valence-electron chi connectivity index (χ1n) is 7.94. The normalized spacial score (nSPS) is 27.2. The number of carboxylic acids is 1. The average molecular weight is 332 g/mol. The predicted octanol–water partition coefficient (Wildman–Crippen LogP) is 1.42. The fourth-order valence-electron chi connectivity index (χ4n) is 3.73. The van der Waals surface area contributed by atoms with Crippen LogP contribution in [-0.2, 0) is 19.1 Å². The number of anilines is 2. The highest BCUT2D eigenvalue weighted by atomic mass is 16.5. The lowest BCUT2D eigenvalue weighted by molar-refractivity contribution is -0.152. The minimum Gasteiger partial charge on any atom is -0.481 e. The van der Waals surface area contributed by atoms with Crippen molar-refractivity contribution in [2.75, 3.05) is 17.7 Å². The van der Waals surface area contributed by atoms with Gasteiger partial charge >= 0.3 is 11.9 Å². The Balaban J connectivity index is 1.51. The Kier molecular flexibility index (Phi) is 4.17. The molecule has 4 unspecified atom stereocenters. The summed E-state index contributed by atoms with van der Waals surface area (Å²) < 4.78 is 5.07. The molecule has 1 aromatic carbocycles. The van der Waals surface area contributed by atoms with Crippen molar-refractivity contribution in [2.24, 2.45) is 23.7 Å². The van der Waals surface area contributed by atoms with Gasteiger partial charge in [-0.05, 0) is 43.2 Å². The molecule has 0 heterocycles. The van der Waals surface area contributed by atoms with Crippen molar-refractivity contribution in [1.29, 1.82) is 0 Å². The molecule has 0 bridgehead atoms. The smallest absolute Gasteiger partial charge is 0.309 e. The van der Waals surface area contributed by atoms with E-state index in [4.69, 9.17) is 15.6 Å². The lowest BCUT2D eigenvalue weighted by atomic mass is 10.0. The first-order chi connectivity index (χ1) is 11.4. The van der Waals surface area contributed by atoms with Crippen LogP contribution in [0.5, 0.6) is 0 Å². The van der Waals surface area contributed by atoms with E-state index in [0.717, 1.165) is 12.0 Å². The fourth-order valence-corrected chi connectivity index (χ4v) is 3.73. The van der Waals surface area contributed by atoms with E-state index in [1.165, 1.54) is 0 Å². The largest absolute Gasteiger partial charge is 0.481 e. The summed E-state index contributed by atoms with van der Waals surface area (Å²) in [5.74, 6) is -2.70. The van der Waals surface area contributed by atoms with Crippen molar-refractivity contribution in [2.45, 2.75) is 19.8 Å². The zero-order valence-corrected chi connectivity index (χ0v) is 13.3. The van der Waals surface area contributed by atoms with Crippen LogP contribution in [0, 0.1) is 30.6 Å². The summed E-state index contributed by atoms with van der Waals surface area (Å²) in [5, 5.41) is 11.7. The number of nitrogens with one attached hydrogen (secondary N) is 1. The van der Waals surface area contributed by atoms with Crippen molar-refractivity contribution >= 4 is 29.2 Å². The van der Waals surface area contributed by atoms with Gasteiger partial charge in [0.2, 0.25) is 0 Å². The number of amides is 1. The fraction of sp³-hybridized carbons (Fsp3) is 0.471. The van der Waals surface area contributed by atoms with Crippen LogP contribution in [0.15, 0.2) is 18.2 Å². The number of carbonyl (C=O) groups excluding carboxylic acids is 2. The van der Waals surface area contributed by atoms with Crippen LogP contribution in [0.3, 0.4) is 0 Å². The number of rotatable bonds is 5. The molecular formula is C17H20N2O5. The lowest BCUT2D eigenvalue weighted by Gasteiger charge is -2.13. The predicted molar refractivity (Wildman–Crippen MR) is 86.0 cm³/mol. The second kappa shape index (κ2) is 6.14. The van der Waals surface area contributed by atoms with Crippen molar-refractivity contribution < 1.29 is 24.2 Å². The molecule has 0 aliphatic heterocycles. The van der Waals surface area contributed by atoms with E-state index in [1.807, 2.05) is 13.0 Å². The van der Waals surface area contributed by atoms with Crippen LogP contribution in [0.2, 0.25) is 0 Å². The minimum atomic E-state index is -0.852. The number of carboxylic acid groups (broad SMARTS) is 1. The van der Waals surface area contributed by atoms with Crippen LogP contribution in [0.4, 0.5) is 11.4 Å². The molecule has 2 fully saturated rings. The Morgan fingerprint density at radius 1 is 1.33 bits per heavy atom. The molecule has 7 nitrogen and oxygen atoms in total. The maximum Gasteiger partial charge on any atom is 0.309 e. The van der Waals surface area contributed by atoms with Gasteiger partial charge in [0, 0.05) is 0 Å². The zero-order valence-electron chi connectivity index (χ0n) is 13.3. The third-order valence-electron chi connectivity index (χ3n) is 5.04. The molecule has 128 valence electrons. The number of nitrogen functional groups attached to an aromatic ring is 1. The van der Waals surface area contributed by atoms with E-state index in [2.05, 4.69) is 5.32 Å². The number of nitrogens with two attached hydrogens (primary N) is 1. The number of hydrogen-bond acceptors (Lipinski definition) is 5. The van der Waals surface area contributed by atoms with E-state index in [0.29, 0.717) is 17.8 Å². The Hall–Kier alpha value is -2.57. The zero-order chi connectivity index (χ0) is 17.4. The molecule has 1 aromatic rings. The summed E-state index contributed by atoms with van der Waals surface area (Å²) in [5.41, 5.74) is 7.67. The van der Waals surface area contributed by atoms with E-state index >= 15 is 0 Å². The molecule has 1 amide bonds. The Labute approximate surface area is 139 Å². The second-order valence-corrected chi connectivity index (χ2v) is 6.48. The van der Waals surface area contributed by atoms with Gasteiger partial charge in [0.15, 0.2) is 6.61 Å². The Bertz CT molecular complexity index is 702. The molecule has 4 atom stereocenters. The van der Waals surface area contributed by atoms with Gasteiger partial charge in [-0.1, -0.05) is 12.1 Å². The number of benzene rings is 1. The highest BCUT2D eigenvalue weighted by Crippen LogP contribution is 2.60. The molecule has 2 aliphatic carbocycles. The van der Waals surface area contributed by atoms with Gasteiger partial charge in [0.05, 0.1) is 23.2 Å². The van der Waals surface area contributed by atoms with Gasteiger partial charge in [0.25, 0.3) is 5.91 Å². The summed E-state index contributed by atoms with van der Waals surface area (Å²) in [7, 11) is 0. The molecule has 7 heteroatoms. The SMILES string of the molecule is Cc1cccc(NC(=O)COC(=O)C2CCC3C(C(=O)O)C23)c1N. The molecule has 0 aromatic heterocycles. The topological polar surface area (TPSA) is 119 Å². The van der Waals surface area contributed by atoms with Gasteiger partial charge in [0.1, 0.15) is 0 Å². The molecule has 2 aliphatic rings. The van der Waals surface area contributed by atoms with E-state index in [-0.39, 0.29) is 11.8 Å². The lowest BCUT2D eigenvalue weighted by Crippen LogP contribution is -2.26. The van der Waals surface area contributed by atoms with Crippen LogP contribution >= 0.6 is 0 Å². The van der Waals surface area contributed by atoms with E-state index in [1.54, 1.807) is 12.1 Å². The van der Waals surface area contributed by atoms with Gasteiger partial charge in [-0.3, -0.25) is 14.4 Å². The Morgan fingerprint density at radius 2 is 2.08 bits per heavy atom. The maximum absolute atomic E-state index is 12.1. The molecule has 0 spiro atoms. The van der Waals surface area contributed by atoms with Crippen LogP contribution in [0.25, 0.3) is 0 Å². The first-order valence-corrected chi connectivity index (χ1v) is 7.94. The summed E-state index contributed by atoms with van der Waals surface area (Å²) in [6.07, 6.45) is 1.36. The summed E-state index contributed by atoms with van der Waals surface area (Å²) >= 11 is 0. The van der Waals surface area contributed by atoms with Crippen molar-refractivity contribution in [3.63, 3.8) is 0 Å². The third-order valence-corrected chi connectivity index (χ3v) is 5.04. The number of hydrogen-bond donors (Lipinski definition) is 3. The molecule has 24 heavy (non-hydrogen) atoms. The number of esters is 1. The van der Waals surface area contributed by atoms with Gasteiger partial charge in [-0.2, -0.15) is 0 Å². The number of aliphatic carboxylic acids is 1. The molecule has 0 radical (unpaired) electrons. The number of ether oxygens (including phenoxy) is 1. The van der Waals surface area contributed by atoms with E-state index in [9.17, 15) is 14.4 Å². The maximum atomic E-state index is 12.1. The van der Waals surface area contributed by atoms with Crippen LogP contribution in [-0.4, -0.2) is 29.6 Å². The summed E-state index contributed by atoms with van der Waals surface area (Å²) in [4.78, 5) is 35.1. The summed E-state index contributed by atoms with van der Waals surface area (Å²) in [6.45, 7) is 1.42. The Morgan fingerprint density at radius 3 is 2.75 bits per heavy atom. The van der Waals surface area contributed by atoms with Gasteiger partial charge < -0.3 is 20.9 Å². The molecule has 2 saturated carbocycles. The number of aryl methyl sites for hydroxylation is 1. The highest BCUT2D eigenvalue weighted by molar-refractivity contribution is 5.96. The standard InChI is InChI=1S/C17H20N2O5/c1-8-3-2-4-11(15(8)18)19-12(20)7-24-17(23)10-6-5-9-13(10)14(9)16(21)22/h2-4,9-10,13-14H,5-7,18H2,1H3,(H,19,20)(H,21,22). The molecule has 4 N–H and O–H groups in total. The van der Waals surface area contributed by atoms with Crippen molar-refractivity contribution in [1.82, 2.24) is 0 Å².